The average Bonchev–Trinajstić information content (AvgIpc) is 3.52. The summed E-state index contributed by atoms with van der Waals surface area (Å²) in [5.41, 5.74) is 1.08. The summed E-state index contributed by atoms with van der Waals surface area (Å²) in [6.45, 7) is 2.15. The molecular formula is C22H28N4O4S. The van der Waals surface area contributed by atoms with Crippen molar-refractivity contribution in [1.29, 1.82) is 0 Å². The number of fused-ring (bicyclic) bond motifs is 1. The van der Waals surface area contributed by atoms with Crippen molar-refractivity contribution in [2.75, 3.05) is 39.2 Å². The van der Waals surface area contributed by atoms with Crippen LogP contribution >= 0.6 is 11.3 Å². The number of aromatic nitrogens is 1. The average molecular weight is 445 g/mol. The topological polar surface area (TPSA) is 84.0 Å². The van der Waals surface area contributed by atoms with Crippen LogP contribution in [0.25, 0.3) is 0 Å². The van der Waals surface area contributed by atoms with Crippen molar-refractivity contribution in [3.05, 3.63) is 34.8 Å². The highest BCUT2D eigenvalue weighted by Crippen LogP contribution is 2.30. The zero-order chi connectivity index (χ0) is 21.8. The molecule has 0 spiro atoms. The lowest BCUT2D eigenvalue weighted by Gasteiger charge is -2.22. The van der Waals surface area contributed by atoms with Crippen LogP contribution < -0.4 is 14.8 Å². The summed E-state index contributed by atoms with van der Waals surface area (Å²) in [5, 5.41) is 3.55. The Hall–Kier alpha value is -2.65. The Bertz CT molecular complexity index is 943. The van der Waals surface area contributed by atoms with Gasteiger partial charge in [-0.1, -0.05) is 12.1 Å². The van der Waals surface area contributed by atoms with Gasteiger partial charge >= 0.3 is 0 Å². The van der Waals surface area contributed by atoms with Gasteiger partial charge in [-0.25, -0.2) is 4.98 Å². The molecule has 166 valence electrons. The lowest BCUT2D eigenvalue weighted by atomic mass is 10.2. The Labute approximate surface area is 186 Å². The molecule has 2 amide bonds. The molecule has 0 atom stereocenters. The van der Waals surface area contributed by atoms with E-state index < -0.39 is 0 Å². The van der Waals surface area contributed by atoms with Crippen molar-refractivity contribution in [1.82, 2.24) is 14.8 Å². The van der Waals surface area contributed by atoms with E-state index in [0.717, 1.165) is 38.0 Å². The van der Waals surface area contributed by atoms with Crippen molar-refractivity contribution in [2.45, 2.75) is 38.3 Å². The molecule has 1 saturated carbocycles. The maximum Gasteiger partial charge on any atom is 0.260 e. The summed E-state index contributed by atoms with van der Waals surface area (Å²) in [7, 11) is 3.65. The molecule has 1 N–H and O–H groups in total. The third-order valence-electron chi connectivity index (χ3n) is 5.48. The van der Waals surface area contributed by atoms with Gasteiger partial charge in [-0.2, -0.15) is 0 Å². The Balaban J connectivity index is 1.28. The number of hydrogen-bond acceptors (Lipinski definition) is 7. The first-order valence-electron chi connectivity index (χ1n) is 10.6. The third kappa shape index (κ3) is 5.54. The van der Waals surface area contributed by atoms with Gasteiger partial charge in [0.1, 0.15) is 0 Å². The Morgan fingerprint density at radius 1 is 1.29 bits per heavy atom. The molecule has 2 aliphatic rings. The first-order valence-corrected chi connectivity index (χ1v) is 11.4. The normalized spacial score (nSPS) is 15.8. The number of amides is 2. The first kappa shape index (κ1) is 21.6. The van der Waals surface area contributed by atoms with Crippen molar-refractivity contribution in [3.63, 3.8) is 0 Å². The molecule has 0 saturated heterocycles. The number of hydrogen-bond donors (Lipinski definition) is 1. The van der Waals surface area contributed by atoms with E-state index in [1.807, 2.05) is 12.1 Å². The van der Waals surface area contributed by atoms with Crippen LogP contribution in [0.2, 0.25) is 0 Å². The van der Waals surface area contributed by atoms with E-state index in [1.165, 1.54) is 16.2 Å². The van der Waals surface area contributed by atoms with Crippen molar-refractivity contribution in [3.8, 4) is 11.5 Å². The maximum atomic E-state index is 12.7. The quantitative estimate of drug-likeness (QED) is 0.640. The third-order valence-corrected chi connectivity index (χ3v) is 6.47. The number of carbonyl (C=O) groups is 2. The Kier molecular flexibility index (Phi) is 6.72. The van der Waals surface area contributed by atoms with Gasteiger partial charge in [-0.15, -0.1) is 11.3 Å². The number of thiazole rings is 1. The van der Waals surface area contributed by atoms with Gasteiger partial charge in [-0.05, 0) is 32.0 Å². The van der Waals surface area contributed by atoms with Gasteiger partial charge in [0.25, 0.3) is 5.91 Å². The van der Waals surface area contributed by atoms with Gasteiger partial charge in [0.15, 0.2) is 23.2 Å². The number of ether oxygens (including phenoxy) is 2. The summed E-state index contributed by atoms with van der Waals surface area (Å²) in [6, 6.07) is 7.44. The molecular weight excluding hydrogens is 416 g/mol. The molecule has 9 heteroatoms. The van der Waals surface area contributed by atoms with Crippen molar-refractivity contribution in [2.24, 2.45) is 0 Å². The standard InChI is InChI=1S/C22H28N4O4S/c1-25-11-9-16-19(13-25)31-22(23-16)24-20(27)10-12-26(15-7-8-15)21(28)14-30-18-6-4-3-5-17(18)29-2/h3-6,15H,7-14H2,1-2H3,(H,23,24,27). The van der Waals surface area contributed by atoms with Crippen LogP contribution in [0.1, 0.15) is 29.8 Å². The Morgan fingerprint density at radius 2 is 2.06 bits per heavy atom. The molecule has 0 radical (unpaired) electrons. The van der Waals surface area contributed by atoms with Crippen LogP contribution in [-0.2, 0) is 22.6 Å². The van der Waals surface area contributed by atoms with Crippen LogP contribution in [0, 0.1) is 0 Å². The highest BCUT2D eigenvalue weighted by molar-refractivity contribution is 7.15. The second kappa shape index (κ2) is 9.65. The number of carbonyl (C=O) groups excluding carboxylic acids is 2. The van der Waals surface area contributed by atoms with Crippen LogP contribution in [0.5, 0.6) is 11.5 Å². The van der Waals surface area contributed by atoms with Gasteiger partial charge in [-0.3, -0.25) is 9.59 Å². The first-order chi connectivity index (χ1) is 15.0. The lowest BCUT2D eigenvalue weighted by molar-refractivity contribution is -0.134. The molecule has 1 fully saturated rings. The predicted molar refractivity (Wildman–Crippen MR) is 119 cm³/mol. The van der Waals surface area contributed by atoms with Crippen molar-refractivity contribution < 1.29 is 19.1 Å². The molecule has 0 bridgehead atoms. The van der Waals surface area contributed by atoms with Gasteiger partial charge < -0.3 is 24.6 Å². The van der Waals surface area contributed by atoms with E-state index in [0.29, 0.717) is 23.2 Å². The highest BCUT2D eigenvalue weighted by atomic mass is 32.1. The predicted octanol–water partition coefficient (Wildman–Crippen LogP) is 2.54. The van der Waals surface area contributed by atoms with E-state index >= 15 is 0 Å². The number of anilines is 1. The molecule has 1 aromatic heterocycles. The summed E-state index contributed by atoms with van der Waals surface area (Å²) >= 11 is 1.54. The zero-order valence-corrected chi connectivity index (χ0v) is 18.7. The SMILES string of the molecule is COc1ccccc1OCC(=O)N(CCC(=O)Nc1nc2c(s1)CN(C)CC2)C1CC1. The molecule has 8 nitrogen and oxygen atoms in total. The molecule has 0 unspecified atom stereocenters. The fraction of sp³-hybridized carbons (Fsp3) is 0.500. The van der Waals surface area contributed by atoms with E-state index in [1.54, 1.807) is 24.1 Å². The van der Waals surface area contributed by atoms with Gasteiger partial charge in [0, 0.05) is 43.4 Å². The Morgan fingerprint density at radius 3 is 2.81 bits per heavy atom. The second-order valence-electron chi connectivity index (χ2n) is 7.93. The van der Waals surface area contributed by atoms with Gasteiger partial charge in [0.05, 0.1) is 12.8 Å². The fourth-order valence-corrected chi connectivity index (χ4v) is 4.74. The van der Waals surface area contributed by atoms with Crippen LogP contribution in [-0.4, -0.2) is 66.5 Å². The maximum absolute atomic E-state index is 12.7. The van der Waals surface area contributed by atoms with E-state index in [-0.39, 0.29) is 30.9 Å². The van der Waals surface area contributed by atoms with Crippen LogP contribution in [0.4, 0.5) is 5.13 Å². The monoisotopic (exact) mass is 444 g/mol. The molecule has 31 heavy (non-hydrogen) atoms. The number of para-hydroxylation sites is 2. The van der Waals surface area contributed by atoms with E-state index in [4.69, 9.17) is 9.47 Å². The van der Waals surface area contributed by atoms with Crippen LogP contribution in [0.3, 0.4) is 0 Å². The minimum atomic E-state index is -0.122. The van der Waals surface area contributed by atoms with Gasteiger partial charge in [0.2, 0.25) is 5.91 Å². The smallest absolute Gasteiger partial charge is 0.260 e. The second-order valence-corrected chi connectivity index (χ2v) is 9.02. The summed E-state index contributed by atoms with van der Waals surface area (Å²) < 4.78 is 10.9. The largest absolute Gasteiger partial charge is 0.493 e. The summed E-state index contributed by atoms with van der Waals surface area (Å²) in [4.78, 5) is 35.0. The number of nitrogens with zero attached hydrogens (tertiary/aromatic N) is 3. The number of benzene rings is 1. The molecule has 2 heterocycles. The summed E-state index contributed by atoms with van der Waals surface area (Å²) in [6.07, 6.45) is 3.08. The molecule has 2 aromatic rings. The highest BCUT2D eigenvalue weighted by Gasteiger charge is 2.33. The number of methoxy groups -OCH3 is 1. The zero-order valence-electron chi connectivity index (χ0n) is 17.9. The van der Waals surface area contributed by atoms with Crippen molar-refractivity contribution >= 4 is 28.3 Å². The number of nitrogens with one attached hydrogen (secondary N) is 1. The molecule has 4 rings (SSSR count). The van der Waals surface area contributed by atoms with E-state index in [2.05, 4.69) is 22.2 Å². The minimum Gasteiger partial charge on any atom is -0.493 e. The molecule has 1 aliphatic carbocycles. The lowest BCUT2D eigenvalue weighted by Crippen LogP contribution is -2.38. The number of likely N-dealkylation sites (N-methyl/N-ethyl adjacent to an activating group) is 1. The minimum absolute atomic E-state index is 0.0782. The number of rotatable bonds is 9. The van der Waals surface area contributed by atoms with Crippen LogP contribution in [0.15, 0.2) is 24.3 Å². The van der Waals surface area contributed by atoms with E-state index in [9.17, 15) is 9.59 Å². The molecule has 1 aliphatic heterocycles. The molecule has 1 aromatic carbocycles. The summed E-state index contributed by atoms with van der Waals surface area (Å²) in [5.74, 6) is 0.882. The fourth-order valence-electron chi connectivity index (χ4n) is 3.64.